The number of hydrogen-bond acceptors (Lipinski definition) is 5. The number of halogens is 2. The molecule has 0 saturated carbocycles. The van der Waals surface area contributed by atoms with E-state index < -0.39 is 40.4 Å². The molecule has 3 aromatic rings. The molecule has 0 bridgehead atoms. The zero-order chi connectivity index (χ0) is 25.4. The Morgan fingerprint density at radius 2 is 1.76 bits per heavy atom. The fourth-order valence-electron chi connectivity index (χ4n) is 3.49. The van der Waals surface area contributed by atoms with Crippen LogP contribution >= 0.6 is 23.2 Å². The molecule has 34 heavy (non-hydrogen) atoms. The van der Waals surface area contributed by atoms with Crippen LogP contribution in [0.3, 0.4) is 0 Å². The number of carbonyl (C=O) groups excluding carboxylic acids is 2. The van der Waals surface area contributed by atoms with Gasteiger partial charge in [-0.3, -0.25) is 9.59 Å². The Bertz CT molecular complexity index is 1400. The Kier molecular flexibility index (Phi) is 7.10. The summed E-state index contributed by atoms with van der Waals surface area (Å²) in [6.45, 7) is 1.26. The number of anilines is 1. The summed E-state index contributed by atoms with van der Waals surface area (Å²) in [6, 6.07) is 7.45. The third kappa shape index (κ3) is 4.81. The highest BCUT2D eigenvalue weighted by Gasteiger charge is 2.33. The predicted molar refractivity (Wildman–Crippen MR) is 128 cm³/mol. The van der Waals surface area contributed by atoms with E-state index in [0.29, 0.717) is 30.9 Å². The standard InChI is InChI=1S/C21H20Cl2N4O6S/c1-11(9-18(28)29)27(21(24)31)34(32,33)13-5-3-12(4-6-13)25-20(30)17-10-14-16(26(17)2)8-7-15(22)19(14)23/h3-8,10-11H,9H2,1-2H3,(H2,24,31)(H,25,30)(H,28,29)/t11-/m0/s1. The van der Waals surface area contributed by atoms with Gasteiger partial charge in [0.25, 0.3) is 15.9 Å². The van der Waals surface area contributed by atoms with Gasteiger partial charge in [0.2, 0.25) is 0 Å². The summed E-state index contributed by atoms with van der Waals surface area (Å²) in [5.74, 6) is -1.76. The number of nitrogens with zero attached hydrogens (tertiary/aromatic N) is 2. The first-order valence-electron chi connectivity index (χ1n) is 9.75. The number of nitrogens with two attached hydrogens (primary N) is 1. The minimum Gasteiger partial charge on any atom is -0.481 e. The first-order valence-corrected chi connectivity index (χ1v) is 11.9. The number of carboxylic acids is 1. The minimum absolute atomic E-state index is 0.280. The van der Waals surface area contributed by atoms with Crippen LogP contribution < -0.4 is 11.1 Å². The molecular weight excluding hydrogens is 507 g/mol. The number of fused-ring (bicyclic) bond motifs is 1. The Morgan fingerprint density at radius 1 is 1.15 bits per heavy atom. The van der Waals surface area contributed by atoms with Crippen molar-refractivity contribution >= 4 is 67.7 Å². The van der Waals surface area contributed by atoms with Crippen LogP contribution in [-0.2, 0) is 21.9 Å². The zero-order valence-electron chi connectivity index (χ0n) is 18.0. The number of benzene rings is 2. The van der Waals surface area contributed by atoms with Gasteiger partial charge in [0, 0.05) is 23.6 Å². The SMILES string of the molecule is C[C@@H](CC(=O)O)N(C(N)=O)S(=O)(=O)c1ccc(NC(=O)c2cc3c(Cl)c(Cl)ccc3n2C)cc1. The Balaban J connectivity index is 1.86. The number of carbonyl (C=O) groups is 3. The average molecular weight is 527 g/mol. The van der Waals surface area contributed by atoms with Crippen LogP contribution in [0.25, 0.3) is 10.9 Å². The molecule has 1 atom stereocenters. The number of urea groups is 1. The second kappa shape index (κ2) is 9.53. The number of sulfonamides is 1. The second-order valence-electron chi connectivity index (χ2n) is 7.45. The molecule has 0 spiro atoms. The number of primary amides is 1. The van der Waals surface area contributed by atoms with E-state index in [2.05, 4.69) is 5.32 Å². The summed E-state index contributed by atoms with van der Waals surface area (Å²) in [4.78, 5) is 35.2. The fraction of sp³-hybridized carbons (Fsp3) is 0.190. The fourth-order valence-corrected chi connectivity index (χ4v) is 5.37. The molecule has 0 aliphatic heterocycles. The smallest absolute Gasteiger partial charge is 0.328 e. The number of aromatic nitrogens is 1. The van der Waals surface area contributed by atoms with E-state index in [4.69, 9.17) is 34.0 Å². The van der Waals surface area contributed by atoms with Gasteiger partial charge in [-0.25, -0.2) is 17.5 Å². The van der Waals surface area contributed by atoms with Crippen molar-refractivity contribution in [3.8, 4) is 0 Å². The summed E-state index contributed by atoms with van der Waals surface area (Å²) in [6.07, 6.45) is -0.615. The monoisotopic (exact) mass is 526 g/mol. The maximum atomic E-state index is 12.9. The van der Waals surface area contributed by atoms with Crippen molar-refractivity contribution in [1.29, 1.82) is 0 Å². The van der Waals surface area contributed by atoms with Crippen molar-refractivity contribution in [3.63, 3.8) is 0 Å². The molecule has 13 heteroatoms. The quantitative estimate of drug-likeness (QED) is 0.427. The Morgan fingerprint density at radius 3 is 2.32 bits per heavy atom. The Labute approximate surface area is 204 Å². The number of amides is 3. The van der Waals surface area contributed by atoms with Gasteiger partial charge >= 0.3 is 12.0 Å². The minimum atomic E-state index is -4.42. The topological polar surface area (TPSA) is 152 Å². The highest BCUT2D eigenvalue weighted by Crippen LogP contribution is 2.32. The molecule has 0 saturated heterocycles. The Hall–Kier alpha value is -3.28. The van der Waals surface area contributed by atoms with Crippen LogP contribution in [0.4, 0.5) is 10.5 Å². The van der Waals surface area contributed by atoms with Gasteiger partial charge in [-0.1, -0.05) is 23.2 Å². The third-order valence-corrected chi connectivity index (χ3v) is 7.85. The van der Waals surface area contributed by atoms with Crippen molar-refractivity contribution in [2.75, 3.05) is 5.32 Å². The number of aliphatic carboxylic acids is 1. The third-order valence-electron chi connectivity index (χ3n) is 5.10. The van der Waals surface area contributed by atoms with Crippen molar-refractivity contribution in [2.24, 2.45) is 12.8 Å². The first kappa shape index (κ1) is 25.3. The van der Waals surface area contributed by atoms with E-state index in [1.165, 1.54) is 31.2 Å². The van der Waals surface area contributed by atoms with Crippen molar-refractivity contribution in [1.82, 2.24) is 8.87 Å². The zero-order valence-corrected chi connectivity index (χ0v) is 20.3. The van der Waals surface area contributed by atoms with Crippen LogP contribution in [0.5, 0.6) is 0 Å². The van der Waals surface area contributed by atoms with Crippen LogP contribution in [0.1, 0.15) is 23.8 Å². The van der Waals surface area contributed by atoms with E-state index in [0.717, 1.165) is 0 Å². The summed E-state index contributed by atoms with van der Waals surface area (Å²) < 4.78 is 27.7. The molecule has 0 fully saturated rings. The van der Waals surface area contributed by atoms with Crippen molar-refractivity contribution in [2.45, 2.75) is 24.3 Å². The lowest BCUT2D eigenvalue weighted by Crippen LogP contribution is -2.46. The molecule has 180 valence electrons. The number of rotatable bonds is 7. The summed E-state index contributed by atoms with van der Waals surface area (Å²) in [7, 11) is -2.74. The average Bonchev–Trinajstić information content (AvgIpc) is 3.07. The highest BCUT2D eigenvalue weighted by atomic mass is 35.5. The number of aryl methyl sites for hydroxylation is 1. The van der Waals surface area contributed by atoms with Gasteiger partial charge in [-0.05, 0) is 49.4 Å². The van der Waals surface area contributed by atoms with Crippen LogP contribution in [0, 0.1) is 0 Å². The van der Waals surface area contributed by atoms with Gasteiger partial charge in [-0.2, -0.15) is 0 Å². The van der Waals surface area contributed by atoms with Crippen LogP contribution in [-0.4, -0.2) is 46.3 Å². The molecule has 10 nitrogen and oxygen atoms in total. The van der Waals surface area contributed by atoms with E-state index in [1.54, 1.807) is 29.8 Å². The summed E-state index contributed by atoms with van der Waals surface area (Å²) in [5.41, 5.74) is 6.47. The lowest BCUT2D eigenvalue weighted by atomic mass is 10.2. The van der Waals surface area contributed by atoms with E-state index in [-0.39, 0.29) is 10.6 Å². The molecular formula is C21H20Cl2N4O6S. The van der Waals surface area contributed by atoms with Crippen LogP contribution in [0.15, 0.2) is 47.4 Å². The molecule has 0 aliphatic rings. The highest BCUT2D eigenvalue weighted by molar-refractivity contribution is 7.89. The van der Waals surface area contributed by atoms with Gasteiger partial charge in [0.15, 0.2) is 0 Å². The maximum Gasteiger partial charge on any atom is 0.328 e. The van der Waals surface area contributed by atoms with Gasteiger partial charge in [-0.15, -0.1) is 0 Å². The molecule has 1 heterocycles. The van der Waals surface area contributed by atoms with Gasteiger partial charge in [0.1, 0.15) is 5.69 Å². The van der Waals surface area contributed by atoms with Gasteiger partial charge in [0.05, 0.1) is 27.4 Å². The van der Waals surface area contributed by atoms with Crippen molar-refractivity contribution in [3.05, 3.63) is 58.2 Å². The number of nitrogens with one attached hydrogen (secondary N) is 1. The molecule has 3 rings (SSSR count). The molecule has 0 unspecified atom stereocenters. The predicted octanol–water partition coefficient (Wildman–Crippen LogP) is 3.67. The maximum absolute atomic E-state index is 12.9. The van der Waals surface area contributed by atoms with E-state index >= 15 is 0 Å². The van der Waals surface area contributed by atoms with Crippen LogP contribution in [0.2, 0.25) is 10.0 Å². The first-order chi connectivity index (χ1) is 15.8. The lowest BCUT2D eigenvalue weighted by molar-refractivity contribution is -0.137. The van der Waals surface area contributed by atoms with E-state index in [9.17, 15) is 22.8 Å². The second-order valence-corrected chi connectivity index (χ2v) is 10.0. The largest absolute Gasteiger partial charge is 0.481 e. The normalized spacial score (nSPS) is 12.4. The van der Waals surface area contributed by atoms with E-state index in [1.807, 2.05) is 0 Å². The molecule has 3 amide bonds. The summed E-state index contributed by atoms with van der Waals surface area (Å²) >= 11 is 12.3. The molecule has 2 aromatic carbocycles. The lowest BCUT2D eigenvalue weighted by Gasteiger charge is -2.25. The molecule has 1 aromatic heterocycles. The molecule has 0 radical (unpaired) electrons. The molecule has 4 N–H and O–H groups in total. The molecule has 0 aliphatic carbocycles. The number of hydrogen-bond donors (Lipinski definition) is 3. The van der Waals surface area contributed by atoms with Crippen molar-refractivity contribution < 1.29 is 27.9 Å². The number of carboxylic acid groups (broad SMARTS) is 1. The van der Waals surface area contributed by atoms with Gasteiger partial charge < -0.3 is 20.7 Å². The summed E-state index contributed by atoms with van der Waals surface area (Å²) in [5, 5.41) is 12.9.